The maximum absolute atomic E-state index is 6.37. The summed E-state index contributed by atoms with van der Waals surface area (Å²) in [6, 6.07) is -0.310. The molecule has 1 unspecified atom stereocenters. The number of aryl methyl sites for hydroxylation is 2. The second kappa shape index (κ2) is 5.94. The first-order chi connectivity index (χ1) is 9.10. The molecule has 2 aromatic rings. The Hall–Kier alpha value is -1.04. The van der Waals surface area contributed by atoms with Crippen LogP contribution in [-0.4, -0.2) is 16.9 Å². The van der Waals surface area contributed by atoms with Crippen LogP contribution in [0.2, 0.25) is 5.02 Å². The van der Waals surface area contributed by atoms with Crippen LogP contribution in [0.25, 0.3) is 0 Å². The van der Waals surface area contributed by atoms with Crippen molar-refractivity contribution in [2.24, 2.45) is 5.73 Å². The Morgan fingerprint density at radius 2 is 2.32 bits per heavy atom. The van der Waals surface area contributed by atoms with Gasteiger partial charge in [-0.3, -0.25) is 4.68 Å². The predicted molar refractivity (Wildman–Crippen MR) is 79.2 cm³/mol. The molecular formula is C13H18ClN3OS. The van der Waals surface area contributed by atoms with Crippen molar-refractivity contribution < 1.29 is 4.74 Å². The largest absolute Gasteiger partial charge is 0.493 e. The van der Waals surface area contributed by atoms with Crippen molar-refractivity contribution >= 4 is 22.9 Å². The minimum atomic E-state index is -0.310. The molecule has 0 amide bonds. The van der Waals surface area contributed by atoms with Gasteiger partial charge >= 0.3 is 0 Å². The second-order valence-corrected chi connectivity index (χ2v) is 5.69. The normalized spacial score (nSPS) is 12.7. The van der Waals surface area contributed by atoms with Crippen molar-refractivity contribution in [3.05, 3.63) is 32.7 Å². The van der Waals surface area contributed by atoms with Gasteiger partial charge in [-0.05, 0) is 24.3 Å². The Balaban J connectivity index is 2.45. The number of hydrogen-bond donors (Lipinski definition) is 1. The monoisotopic (exact) mass is 299 g/mol. The topological polar surface area (TPSA) is 53.1 Å². The van der Waals surface area contributed by atoms with Gasteiger partial charge in [-0.1, -0.05) is 18.5 Å². The smallest absolute Gasteiger partial charge is 0.161 e. The molecule has 0 fully saturated rings. The zero-order valence-corrected chi connectivity index (χ0v) is 12.9. The molecule has 0 spiro atoms. The van der Waals surface area contributed by atoms with Crippen LogP contribution >= 0.6 is 22.9 Å². The highest BCUT2D eigenvalue weighted by Gasteiger charge is 2.23. The van der Waals surface area contributed by atoms with Crippen LogP contribution in [0.4, 0.5) is 0 Å². The fraction of sp³-hybridized carbons (Fsp3) is 0.462. The van der Waals surface area contributed by atoms with E-state index in [0.717, 1.165) is 34.1 Å². The lowest BCUT2D eigenvalue weighted by molar-refractivity contribution is 0.404. The molecule has 19 heavy (non-hydrogen) atoms. The summed E-state index contributed by atoms with van der Waals surface area (Å²) in [5.41, 5.74) is 8.30. The third-order valence-electron chi connectivity index (χ3n) is 3.00. The highest BCUT2D eigenvalue weighted by molar-refractivity contribution is 7.10. The first-order valence-corrected chi connectivity index (χ1v) is 7.44. The van der Waals surface area contributed by atoms with Crippen molar-refractivity contribution in [2.45, 2.75) is 32.9 Å². The molecule has 2 N–H and O–H groups in total. The molecule has 1 atom stereocenters. The van der Waals surface area contributed by atoms with Crippen molar-refractivity contribution in [2.75, 3.05) is 7.11 Å². The standard InChI is InChI=1S/C13H18ClN3OS/c1-4-5-17-12(9(18-3)6-16-17)11(15)13-10(14)8(2)7-19-13/h6-7,11H,4-5,15H2,1-3H3. The zero-order chi connectivity index (χ0) is 14.0. The van der Waals surface area contributed by atoms with Crippen LogP contribution in [0.1, 0.15) is 35.5 Å². The molecule has 0 saturated carbocycles. The van der Waals surface area contributed by atoms with E-state index in [4.69, 9.17) is 22.1 Å². The molecule has 2 aromatic heterocycles. The van der Waals surface area contributed by atoms with E-state index < -0.39 is 0 Å². The zero-order valence-electron chi connectivity index (χ0n) is 11.3. The van der Waals surface area contributed by atoms with Gasteiger partial charge in [0.1, 0.15) is 5.69 Å². The van der Waals surface area contributed by atoms with Crippen LogP contribution in [0.3, 0.4) is 0 Å². The number of halogens is 1. The highest BCUT2D eigenvalue weighted by Crippen LogP contribution is 2.37. The lowest BCUT2D eigenvalue weighted by Gasteiger charge is -2.15. The SMILES string of the molecule is CCCn1ncc(OC)c1C(N)c1scc(C)c1Cl. The van der Waals surface area contributed by atoms with Crippen LogP contribution in [0, 0.1) is 6.92 Å². The Kier molecular flexibility index (Phi) is 4.50. The molecule has 0 aliphatic heterocycles. The van der Waals surface area contributed by atoms with E-state index in [0.29, 0.717) is 5.75 Å². The third-order valence-corrected chi connectivity index (χ3v) is 4.80. The van der Waals surface area contributed by atoms with E-state index in [1.165, 1.54) is 0 Å². The number of methoxy groups -OCH3 is 1. The van der Waals surface area contributed by atoms with Gasteiger partial charge in [-0.2, -0.15) is 5.10 Å². The molecule has 6 heteroatoms. The maximum atomic E-state index is 6.37. The summed E-state index contributed by atoms with van der Waals surface area (Å²) in [5, 5.41) is 7.09. The number of nitrogens with two attached hydrogens (primary N) is 1. The Labute approximate surface area is 122 Å². The Morgan fingerprint density at radius 3 is 2.84 bits per heavy atom. The summed E-state index contributed by atoms with van der Waals surface area (Å²) in [4.78, 5) is 0.954. The molecule has 0 saturated heterocycles. The average molecular weight is 300 g/mol. The summed E-state index contributed by atoms with van der Waals surface area (Å²) in [7, 11) is 1.63. The molecule has 0 aliphatic rings. The fourth-order valence-electron chi connectivity index (χ4n) is 2.02. The molecule has 4 nitrogen and oxygen atoms in total. The molecule has 2 rings (SSSR count). The lowest BCUT2D eigenvalue weighted by atomic mass is 10.1. The van der Waals surface area contributed by atoms with Crippen molar-refractivity contribution in [3.8, 4) is 5.75 Å². The van der Waals surface area contributed by atoms with Crippen molar-refractivity contribution in [3.63, 3.8) is 0 Å². The quantitative estimate of drug-likeness (QED) is 0.921. The predicted octanol–water partition coefficient (Wildman–Crippen LogP) is 3.37. The van der Waals surface area contributed by atoms with Gasteiger partial charge in [0.15, 0.2) is 5.75 Å². The van der Waals surface area contributed by atoms with Gasteiger partial charge in [0.25, 0.3) is 0 Å². The van der Waals surface area contributed by atoms with Gasteiger partial charge in [0.2, 0.25) is 0 Å². The summed E-state index contributed by atoms with van der Waals surface area (Å²) in [6.07, 6.45) is 2.70. The lowest BCUT2D eigenvalue weighted by Crippen LogP contribution is -2.17. The van der Waals surface area contributed by atoms with Crippen LogP contribution in [0.5, 0.6) is 5.75 Å². The van der Waals surface area contributed by atoms with E-state index in [9.17, 15) is 0 Å². The molecule has 0 bridgehead atoms. The van der Waals surface area contributed by atoms with Gasteiger partial charge < -0.3 is 10.5 Å². The Morgan fingerprint density at radius 1 is 1.58 bits per heavy atom. The van der Waals surface area contributed by atoms with Crippen LogP contribution in [-0.2, 0) is 6.54 Å². The first-order valence-electron chi connectivity index (χ1n) is 6.18. The molecular weight excluding hydrogens is 282 g/mol. The van der Waals surface area contributed by atoms with Gasteiger partial charge in [0.05, 0.1) is 24.4 Å². The van der Waals surface area contributed by atoms with Gasteiger partial charge in [-0.25, -0.2) is 0 Å². The Bertz CT molecular complexity index is 564. The molecule has 0 aliphatic carbocycles. The van der Waals surface area contributed by atoms with Crippen molar-refractivity contribution in [1.29, 1.82) is 0 Å². The third kappa shape index (κ3) is 2.63. The van der Waals surface area contributed by atoms with E-state index in [2.05, 4.69) is 12.0 Å². The molecule has 2 heterocycles. The number of aromatic nitrogens is 2. The summed E-state index contributed by atoms with van der Waals surface area (Å²) in [6.45, 7) is 4.90. The van der Waals surface area contributed by atoms with E-state index in [1.54, 1.807) is 24.6 Å². The summed E-state index contributed by atoms with van der Waals surface area (Å²) in [5.74, 6) is 0.711. The fourth-order valence-corrected chi connectivity index (χ4v) is 3.34. The van der Waals surface area contributed by atoms with E-state index in [1.807, 2.05) is 17.0 Å². The average Bonchev–Trinajstić information content (AvgIpc) is 2.95. The van der Waals surface area contributed by atoms with E-state index >= 15 is 0 Å². The van der Waals surface area contributed by atoms with Gasteiger partial charge in [-0.15, -0.1) is 11.3 Å². The number of hydrogen-bond acceptors (Lipinski definition) is 4. The van der Waals surface area contributed by atoms with Crippen LogP contribution < -0.4 is 10.5 Å². The second-order valence-electron chi connectivity index (χ2n) is 4.40. The number of nitrogens with zero attached hydrogens (tertiary/aromatic N) is 2. The summed E-state index contributed by atoms with van der Waals surface area (Å²) < 4.78 is 7.26. The summed E-state index contributed by atoms with van der Waals surface area (Å²) >= 11 is 7.88. The number of thiophene rings is 1. The highest BCUT2D eigenvalue weighted by atomic mass is 35.5. The number of rotatable bonds is 5. The molecule has 104 valence electrons. The minimum Gasteiger partial charge on any atom is -0.493 e. The minimum absolute atomic E-state index is 0.310. The maximum Gasteiger partial charge on any atom is 0.161 e. The first kappa shape index (κ1) is 14.4. The van der Waals surface area contributed by atoms with E-state index in [-0.39, 0.29) is 6.04 Å². The van der Waals surface area contributed by atoms with Gasteiger partial charge in [0, 0.05) is 11.4 Å². The number of ether oxygens (including phenoxy) is 1. The van der Waals surface area contributed by atoms with Crippen LogP contribution in [0.15, 0.2) is 11.6 Å². The molecule has 0 radical (unpaired) electrons. The molecule has 0 aromatic carbocycles. The van der Waals surface area contributed by atoms with Crippen molar-refractivity contribution in [1.82, 2.24) is 9.78 Å².